The maximum atomic E-state index is 11.9. The molecule has 0 saturated heterocycles. The van der Waals surface area contributed by atoms with Gasteiger partial charge in [-0.3, -0.25) is 4.79 Å². The van der Waals surface area contributed by atoms with Gasteiger partial charge in [-0.2, -0.15) is 4.98 Å². The Morgan fingerprint density at radius 2 is 2.29 bits per heavy atom. The van der Waals surface area contributed by atoms with E-state index < -0.39 is 5.69 Å². The van der Waals surface area contributed by atoms with Gasteiger partial charge in [0.25, 0.3) is 5.91 Å². The van der Waals surface area contributed by atoms with Gasteiger partial charge in [0.05, 0.1) is 12.2 Å². The van der Waals surface area contributed by atoms with Crippen LogP contribution in [0.5, 0.6) is 0 Å². The van der Waals surface area contributed by atoms with Gasteiger partial charge in [0.2, 0.25) is 0 Å². The lowest BCUT2D eigenvalue weighted by Gasteiger charge is -2.13. The van der Waals surface area contributed by atoms with E-state index >= 15 is 0 Å². The van der Waals surface area contributed by atoms with Crippen molar-refractivity contribution >= 4 is 17.7 Å². The molecule has 3 N–H and O–H groups in total. The van der Waals surface area contributed by atoms with Gasteiger partial charge in [0.15, 0.2) is 0 Å². The van der Waals surface area contributed by atoms with Crippen molar-refractivity contribution in [3.05, 3.63) is 21.7 Å². The molecular weight excluding hydrogens is 242 g/mol. The smallest absolute Gasteiger partial charge is 0.346 e. The van der Waals surface area contributed by atoms with Crippen molar-refractivity contribution in [2.24, 2.45) is 0 Å². The number of aromatic amines is 1. The molecule has 0 aromatic carbocycles. The van der Waals surface area contributed by atoms with Crippen molar-refractivity contribution in [2.45, 2.75) is 24.9 Å². The van der Waals surface area contributed by atoms with Crippen LogP contribution in [0.4, 0.5) is 0 Å². The molecule has 0 aliphatic rings. The summed E-state index contributed by atoms with van der Waals surface area (Å²) >= 11 is 1.23. The molecule has 0 spiro atoms. The summed E-state index contributed by atoms with van der Waals surface area (Å²) in [5.74, 6) is -0.350. The van der Waals surface area contributed by atoms with Crippen LogP contribution in [-0.2, 0) is 0 Å². The molecule has 94 valence electrons. The molecule has 1 aromatic heterocycles. The van der Waals surface area contributed by atoms with Crippen molar-refractivity contribution in [3.8, 4) is 0 Å². The Bertz CT molecular complexity index is 472. The Balaban J connectivity index is 3.12. The molecule has 0 aliphatic carbocycles. The number of hydrogen-bond donors (Lipinski definition) is 3. The molecule has 0 fully saturated rings. The van der Waals surface area contributed by atoms with Crippen molar-refractivity contribution < 1.29 is 9.90 Å². The Hall–Kier alpha value is -1.34. The van der Waals surface area contributed by atoms with Crippen LogP contribution >= 0.6 is 11.8 Å². The monoisotopic (exact) mass is 257 g/mol. The molecule has 0 saturated carbocycles. The fourth-order valence-corrected chi connectivity index (χ4v) is 1.94. The molecular formula is C10H15N3O3S. The lowest BCUT2D eigenvalue weighted by Crippen LogP contribution is -2.36. The van der Waals surface area contributed by atoms with Crippen LogP contribution in [0.2, 0.25) is 0 Å². The predicted octanol–water partition coefficient (Wildman–Crippen LogP) is -0.0892. The molecule has 1 heterocycles. The fraction of sp³-hybridized carbons (Fsp3) is 0.500. The first-order valence-corrected chi connectivity index (χ1v) is 6.28. The Labute approximate surface area is 103 Å². The number of nitrogens with one attached hydrogen (secondary N) is 2. The molecule has 7 heteroatoms. The number of aryl methyl sites for hydroxylation is 1. The molecule has 1 rings (SSSR count). The van der Waals surface area contributed by atoms with Crippen LogP contribution in [0.15, 0.2) is 9.82 Å². The summed E-state index contributed by atoms with van der Waals surface area (Å²) in [6.45, 7) is 3.18. The first kappa shape index (κ1) is 13.7. The van der Waals surface area contributed by atoms with Crippen LogP contribution < -0.4 is 11.0 Å². The van der Waals surface area contributed by atoms with Gasteiger partial charge in [-0.05, 0) is 20.1 Å². The molecule has 1 amide bonds. The zero-order valence-corrected chi connectivity index (χ0v) is 10.7. The van der Waals surface area contributed by atoms with Gasteiger partial charge in [0.1, 0.15) is 5.03 Å². The third-order valence-electron chi connectivity index (χ3n) is 2.16. The van der Waals surface area contributed by atoms with Crippen molar-refractivity contribution in [2.75, 3.05) is 12.9 Å². The molecule has 0 unspecified atom stereocenters. The van der Waals surface area contributed by atoms with Gasteiger partial charge in [-0.1, -0.05) is 0 Å². The van der Waals surface area contributed by atoms with E-state index in [1.165, 1.54) is 11.8 Å². The van der Waals surface area contributed by atoms with Crippen LogP contribution in [0.25, 0.3) is 0 Å². The average molecular weight is 257 g/mol. The quantitative estimate of drug-likeness (QED) is 0.517. The fourth-order valence-electron chi connectivity index (χ4n) is 1.32. The third-order valence-corrected chi connectivity index (χ3v) is 2.84. The van der Waals surface area contributed by atoms with Crippen LogP contribution in [-0.4, -0.2) is 39.9 Å². The highest BCUT2D eigenvalue weighted by Crippen LogP contribution is 2.17. The number of carbonyl (C=O) groups excluding carboxylic acids is 1. The van der Waals surface area contributed by atoms with Crippen molar-refractivity contribution in [1.82, 2.24) is 15.3 Å². The van der Waals surface area contributed by atoms with E-state index in [1.807, 2.05) is 0 Å². The van der Waals surface area contributed by atoms with Gasteiger partial charge in [-0.25, -0.2) is 4.79 Å². The number of aliphatic hydroxyl groups is 1. The lowest BCUT2D eigenvalue weighted by molar-refractivity contribution is 0.0917. The molecule has 0 aliphatic heterocycles. The number of nitrogens with zero attached hydrogens (tertiary/aromatic N) is 1. The Morgan fingerprint density at radius 1 is 1.65 bits per heavy atom. The number of aromatic nitrogens is 2. The molecule has 1 atom stereocenters. The van der Waals surface area contributed by atoms with Gasteiger partial charge in [-0.15, -0.1) is 11.8 Å². The van der Waals surface area contributed by atoms with E-state index in [4.69, 9.17) is 5.11 Å². The minimum atomic E-state index is -0.474. The number of hydrogen-bond acceptors (Lipinski definition) is 5. The molecule has 1 aromatic rings. The molecule has 0 bridgehead atoms. The number of thioether (sulfide) groups is 1. The van der Waals surface area contributed by atoms with E-state index in [0.717, 1.165) is 0 Å². The average Bonchev–Trinajstić information content (AvgIpc) is 2.27. The SMILES string of the molecule is CSc1nc(=O)[nH]c(C)c1C(=O)N[C@@H](C)CO. The minimum absolute atomic E-state index is 0.143. The largest absolute Gasteiger partial charge is 0.394 e. The second kappa shape index (κ2) is 5.83. The Morgan fingerprint density at radius 3 is 2.82 bits per heavy atom. The standard InChI is InChI=1S/C10H15N3O3S/c1-5(4-14)11-8(15)7-6(2)12-10(16)13-9(7)17-3/h5,14H,4H2,1-3H3,(H,11,15)(H,12,13,16)/t5-/m0/s1. The summed E-state index contributed by atoms with van der Waals surface area (Å²) in [6, 6.07) is -0.344. The highest BCUT2D eigenvalue weighted by Gasteiger charge is 2.18. The zero-order valence-electron chi connectivity index (χ0n) is 9.90. The molecule has 0 radical (unpaired) electrons. The molecule has 17 heavy (non-hydrogen) atoms. The maximum absolute atomic E-state index is 11.9. The normalized spacial score (nSPS) is 12.2. The summed E-state index contributed by atoms with van der Waals surface area (Å²) in [6.07, 6.45) is 1.74. The van der Waals surface area contributed by atoms with Gasteiger partial charge >= 0.3 is 5.69 Å². The van der Waals surface area contributed by atoms with E-state index in [9.17, 15) is 9.59 Å². The van der Waals surface area contributed by atoms with Crippen LogP contribution in [0.1, 0.15) is 23.0 Å². The summed E-state index contributed by atoms with van der Waals surface area (Å²) < 4.78 is 0. The van der Waals surface area contributed by atoms with Crippen LogP contribution in [0, 0.1) is 6.92 Å². The first-order chi connectivity index (χ1) is 7.99. The van der Waals surface area contributed by atoms with E-state index in [-0.39, 0.29) is 18.6 Å². The topological polar surface area (TPSA) is 95.1 Å². The highest BCUT2D eigenvalue weighted by atomic mass is 32.2. The zero-order chi connectivity index (χ0) is 13.0. The van der Waals surface area contributed by atoms with Crippen molar-refractivity contribution in [3.63, 3.8) is 0 Å². The number of rotatable bonds is 4. The second-order valence-electron chi connectivity index (χ2n) is 3.61. The number of amides is 1. The summed E-state index contributed by atoms with van der Waals surface area (Å²) in [5.41, 5.74) is 0.341. The summed E-state index contributed by atoms with van der Waals surface area (Å²) in [7, 11) is 0. The van der Waals surface area contributed by atoms with Gasteiger partial charge in [0, 0.05) is 11.7 Å². The van der Waals surface area contributed by atoms with Crippen molar-refractivity contribution in [1.29, 1.82) is 0 Å². The number of carbonyl (C=O) groups is 1. The summed E-state index contributed by atoms with van der Waals surface area (Å²) in [5, 5.41) is 11.9. The van der Waals surface area contributed by atoms with E-state index in [0.29, 0.717) is 16.3 Å². The highest BCUT2D eigenvalue weighted by molar-refractivity contribution is 7.98. The number of aliphatic hydroxyl groups excluding tert-OH is 1. The Kier molecular flexibility index (Phi) is 4.71. The summed E-state index contributed by atoms with van der Waals surface area (Å²) in [4.78, 5) is 29.3. The second-order valence-corrected chi connectivity index (χ2v) is 4.40. The number of H-pyrrole nitrogens is 1. The predicted molar refractivity (Wildman–Crippen MR) is 65.4 cm³/mol. The van der Waals surface area contributed by atoms with Crippen LogP contribution in [0.3, 0.4) is 0 Å². The van der Waals surface area contributed by atoms with E-state index in [2.05, 4.69) is 15.3 Å². The van der Waals surface area contributed by atoms with Gasteiger partial charge < -0.3 is 15.4 Å². The minimum Gasteiger partial charge on any atom is -0.394 e. The maximum Gasteiger partial charge on any atom is 0.346 e. The van der Waals surface area contributed by atoms with E-state index in [1.54, 1.807) is 20.1 Å². The molecule has 6 nitrogen and oxygen atoms in total. The lowest BCUT2D eigenvalue weighted by atomic mass is 10.2. The third kappa shape index (κ3) is 3.31. The first-order valence-electron chi connectivity index (χ1n) is 5.06.